The van der Waals surface area contributed by atoms with E-state index in [1.54, 1.807) is 0 Å². The highest BCUT2D eigenvalue weighted by molar-refractivity contribution is 8.10. The molecule has 1 heterocycles. The maximum Gasteiger partial charge on any atom is 0.144 e. The van der Waals surface area contributed by atoms with Crippen molar-refractivity contribution in [3.05, 3.63) is 24.3 Å². The van der Waals surface area contributed by atoms with E-state index in [0.29, 0.717) is 0 Å². The van der Waals surface area contributed by atoms with Gasteiger partial charge in [-0.05, 0) is 12.7 Å². The molecule has 2 heteroatoms. The van der Waals surface area contributed by atoms with E-state index in [1.807, 2.05) is 11.8 Å². The molecule has 0 fully saturated rings. The molecule has 0 aliphatic carbocycles. The van der Waals surface area contributed by atoms with Gasteiger partial charge in [0.1, 0.15) is 4.99 Å². The molecular formula is C10H18PS+. The number of hydrogen-bond donors (Lipinski definition) is 0. The minimum absolute atomic E-state index is 0.793. The van der Waals surface area contributed by atoms with E-state index in [0.717, 1.165) is 4.99 Å². The smallest absolute Gasteiger partial charge is 0.117 e. The topological polar surface area (TPSA) is 0 Å². The van der Waals surface area contributed by atoms with E-state index >= 15 is 0 Å². The van der Waals surface area contributed by atoms with E-state index in [4.69, 9.17) is 0 Å². The second-order valence-corrected chi connectivity index (χ2v) is 8.21. The quantitative estimate of drug-likeness (QED) is 0.602. The van der Waals surface area contributed by atoms with Gasteiger partial charge in [0, 0.05) is 6.08 Å². The van der Waals surface area contributed by atoms with E-state index in [9.17, 15) is 0 Å². The van der Waals surface area contributed by atoms with E-state index in [2.05, 4.69) is 37.5 Å². The summed E-state index contributed by atoms with van der Waals surface area (Å²) in [6.07, 6.45) is 8.61. The van der Waals surface area contributed by atoms with E-state index in [1.165, 1.54) is 19.0 Å². The summed E-state index contributed by atoms with van der Waals surface area (Å²) in [6, 6.07) is 0. The van der Waals surface area contributed by atoms with Crippen molar-refractivity contribution in [1.29, 1.82) is 0 Å². The van der Waals surface area contributed by atoms with Gasteiger partial charge in [-0.3, -0.25) is 0 Å². The number of thioether (sulfide) groups is 1. The predicted octanol–water partition coefficient (Wildman–Crippen LogP) is 4.16. The van der Waals surface area contributed by atoms with Gasteiger partial charge in [0.05, 0.1) is 25.1 Å². The second-order valence-electron chi connectivity index (χ2n) is 3.22. The first-order valence-corrected chi connectivity index (χ1v) is 7.99. The molecule has 0 N–H and O–H groups in total. The van der Waals surface area contributed by atoms with Crippen LogP contribution < -0.4 is 0 Å². The number of hydrogen-bond acceptors (Lipinski definition) is 1. The van der Waals surface area contributed by atoms with Crippen LogP contribution in [0.2, 0.25) is 0 Å². The highest BCUT2D eigenvalue weighted by atomic mass is 32.2. The Labute approximate surface area is 80.8 Å². The zero-order valence-electron chi connectivity index (χ0n) is 7.99. The van der Waals surface area contributed by atoms with Gasteiger partial charge in [0.2, 0.25) is 0 Å². The largest absolute Gasteiger partial charge is 0.144 e. The first kappa shape index (κ1) is 10.3. The van der Waals surface area contributed by atoms with Crippen LogP contribution in [0.1, 0.15) is 19.8 Å². The molecule has 1 aliphatic rings. The van der Waals surface area contributed by atoms with E-state index < -0.39 is 7.26 Å². The van der Waals surface area contributed by atoms with Crippen LogP contribution in [0.4, 0.5) is 0 Å². The maximum atomic E-state index is 3.99. The van der Waals surface area contributed by atoms with Crippen molar-refractivity contribution in [1.82, 2.24) is 0 Å². The molecule has 0 nitrogen and oxygen atoms in total. The van der Waals surface area contributed by atoms with Crippen LogP contribution in [0.15, 0.2) is 24.3 Å². The van der Waals surface area contributed by atoms with Crippen LogP contribution in [-0.4, -0.2) is 17.4 Å². The van der Waals surface area contributed by atoms with Crippen LogP contribution in [0, 0.1) is 0 Å². The van der Waals surface area contributed by atoms with Crippen LogP contribution in [0.5, 0.6) is 0 Å². The second kappa shape index (κ2) is 4.48. The Balaban J connectivity index is 2.53. The fourth-order valence-corrected chi connectivity index (χ4v) is 6.80. The standard InChI is InChI=1S/C10H18PS/c1-4-6-8-11(5-2)9-7-10(11)12-3/h5,7,9-10H,2,4,6,8H2,1,3H3/q+1. The molecule has 0 aromatic rings. The van der Waals surface area contributed by atoms with Gasteiger partial charge >= 0.3 is 0 Å². The Hall–Kier alpha value is 0.260. The first-order chi connectivity index (χ1) is 5.79. The molecule has 2 unspecified atom stereocenters. The third-order valence-electron chi connectivity index (χ3n) is 2.48. The Bertz CT molecular complexity index is 188. The molecule has 1 aliphatic heterocycles. The van der Waals surface area contributed by atoms with Gasteiger partial charge in [-0.25, -0.2) is 0 Å². The van der Waals surface area contributed by atoms with Crippen molar-refractivity contribution in [2.75, 3.05) is 12.4 Å². The maximum absolute atomic E-state index is 3.99. The molecule has 12 heavy (non-hydrogen) atoms. The monoisotopic (exact) mass is 201 g/mol. The van der Waals surface area contributed by atoms with Gasteiger partial charge in [0.15, 0.2) is 0 Å². The summed E-state index contributed by atoms with van der Waals surface area (Å²) in [5.41, 5.74) is 0. The molecular weight excluding hydrogens is 183 g/mol. The van der Waals surface area contributed by atoms with Crippen LogP contribution >= 0.6 is 19.0 Å². The fraction of sp³-hybridized carbons (Fsp3) is 0.600. The molecule has 0 amide bonds. The molecule has 0 spiro atoms. The molecule has 0 aromatic carbocycles. The van der Waals surface area contributed by atoms with Crippen molar-refractivity contribution in [3.63, 3.8) is 0 Å². The summed E-state index contributed by atoms with van der Waals surface area (Å²) >= 11 is 1.98. The molecule has 0 saturated carbocycles. The van der Waals surface area contributed by atoms with Gasteiger partial charge in [0.25, 0.3) is 0 Å². The van der Waals surface area contributed by atoms with Gasteiger partial charge in [-0.1, -0.05) is 19.9 Å². The Morgan fingerprint density at radius 2 is 2.42 bits per heavy atom. The lowest BCUT2D eigenvalue weighted by molar-refractivity contribution is 0.888. The molecule has 68 valence electrons. The third kappa shape index (κ3) is 1.78. The summed E-state index contributed by atoms with van der Waals surface area (Å²) < 4.78 is 0. The Kier molecular flexibility index (Phi) is 3.86. The zero-order valence-corrected chi connectivity index (χ0v) is 9.70. The molecule has 0 bridgehead atoms. The number of rotatable bonds is 5. The van der Waals surface area contributed by atoms with Gasteiger partial charge < -0.3 is 0 Å². The normalized spacial score (nSPS) is 33.0. The summed E-state index contributed by atoms with van der Waals surface area (Å²) in [7, 11) is -0.831. The van der Waals surface area contributed by atoms with E-state index in [-0.39, 0.29) is 0 Å². The van der Waals surface area contributed by atoms with Gasteiger partial charge in [-0.2, -0.15) is 0 Å². The van der Waals surface area contributed by atoms with Crippen LogP contribution in [0.25, 0.3) is 0 Å². The summed E-state index contributed by atoms with van der Waals surface area (Å²) in [5.74, 6) is 4.67. The lowest BCUT2D eigenvalue weighted by atomic mass is 10.4. The van der Waals surface area contributed by atoms with Crippen molar-refractivity contribution in [2.24, 2.45) is 0 Å². The molecule has 0 saturated heterocycles. The van der Waals surface area contributed by atoms with Crippen molar-refractivity contribution in [3.8, 4) is 0 Å². The summed E-state index contributed by atoms with van der Waals surface area (Å²) in [4.78, 5) is 0.793. The van der Waals surface area contributed by atoms with Crippen LogP contribution in [-0.2, 0) is 0 Å². The molecule has 1 rings (SSSR count). The zero-order chi connectivity index (χ0) is 9.03. The Morgan fingerprint density at radius 1 is 1.67 bits per heavy atom. The van der Waals surface area contributed by atoms with Gasteiger partial charge in [-0.15, -0.1) is 11.8 Å². The van der Waals surface area contributed by atoms with Crippen molar-refractivity contribution < 1.29 is 0 Å². The highest BCUT2D eigenvalue weighted by Gasteiger charge is 2.45. The summed E-state index contributed by atoms with van der Waals surface area (Å²) in [5, 5.41) is 0. The summed E-state index contributed by atoms with van der Waals surface area (Å²) in [6.45, 7) is 6.25. The molecule has 0 radical (unpaired) electrons. The lowest BCUT2D eigenvalue weighted by Gasteiger charge is -2.31. The average molecular weight is 201 g/mol. The fourth-order valence-electron chi connectivity index (χ4n) is 1.54. The molecule has 0 aromatic heterocycles. The minimum atomic E-state index is -0.831. The van der Waals surface area contributed by atoms with Crippen molar-refractivity contribution >= 4 is 19.0 Å². The van der Waals surface area contributed by atoms with Crippen molar-refractivity contribution in [2.45, 2.75) is 24.8 Å². The number of unbranched alkanes of at least 4 members (excludes halogenated alkanes) is 1. The highest BCUT2D eigenvalue weighted by Crippen LogP contribution is 2.74. The predicted molar refractivity (Wildman–Crippen MR) is 63.3 cm³/mol. The lowest BCUT2D eigenvalue weighted by Crippen LogP contribution is -2.14. The Morgan fingerprint density at radius 3 is 2.75 bits per heavy atom. The average Bonchev–Trinajstić information content (AvgIpc) is 2.06. The third-order valence-corrected chi connectivity index (χ3v) is 8.55. The minimum Gasteiger partial charge on any atom is -0.117 e. The first-order valence-electron chi connectivity index (χ1n) is 4.52. The van der Waals surface area contributed by atoms with Crippen LogP contribution in [0.3, 0.4) is 0 Å². The SMILES string of the molecule is C=C[P+]1(CCCC)C=CC1SC. The molecule has 2 atom stereocenters.